The molecule has 0 N–H and O–H groups in total. The molecule has 0 fully saturated rings. The molecule has 0 saturated carbocycles. The molecule has 1 aromatic carbocycles. The average Bonchev–Trinajstić information content (AvgIpc) is 2.80. The fourth-order valence-electron chi connectivity index (χ4n) is 2.11. The molecular weight excluding hydrogens is 282 g/mol. The molecule has 112 valence electrons. The van der Waals surface area contributed by atoms with Gasteiger partial charge in [0, 0.05) is 13.3 Å². The summed E-state index contributed by atoms with van der Waals surface area (Å²) in [4.78, 5) is 16.6. The van der Waals surface area contributed by atoms with Crippen LogP contribution in [-0.2, 0) is 6.42 Å². The number of hydrogen-bond acceptors (Lipinski definition) is 4. The highest BCUT2D eigenvalue weighted by molar-refractivity contribution is 7.13. The number of ketones is 1. The fraction of sp³-hybridized carbons (Fsp3) is 0.412. The van der Waals surface area contributed by atoms with Gasteiger partial charge in [-0.05, 0) is 30.5 Å². The lowest BCUT2D eigenvalue weighted by Gasteiger charge is -2.09. The van der Waals surface area contributed by atoms with Crippen LogP contribution in [0, 0.1) is 6.92 Å². The van der Waals surface area contributed by atoms with Gasteiger partial charge in [0.2, 0.25) is 0 Å². The molecule has 0 saturated heterocycles. The third-order valence-corrected chi connectivity index (χ3v) is 4.59. The Kier molecular flexibility index (Phi) is 5.12. The van der Waals surface area contributed by atoms with Gasteiger partial charge in [-0.3, -0.25) is 4.79 Å². The van der Waals surface area contributed by atoms with Crippen molar-refractivity contribution in [2.75, 3.05) is 6.61 Å². The van der Waals surface area contributed by atoms with Gasteiger partial charge in [-0.15, -0.1) is 11.3 Å². The maximum atomic E-state index is 11.4. The van der Waals surface area contributed by atoms with E-state index >= 15 is 0 Å². The normalized spacial score (nSPS) is 10.9. The molecule has 1 aromatic heterocycles. The van der Waals surface area contributed by atoms with E-state index in [1.807, 2.05) is 19.1 Å². The number of hydrogen-bond donors (Lipinski definition) is 0. The van der Waals surface area contributed by atoms with Crippen LogP contribution in [0.1, 0.15) is 52.6 Å². The molecule has 2 aromatic rings. The monoisotopic (exact) mass is 303 g/mol. The van der Waals surface area contributed by atoms with Gasteiger partial charge in [0.05, 0.1) is 22.2 Å². The van der Waals surface area contributed by atoms with Crippen LogP contribution in [0.5, 0.6) is 5.75 Å². The number of thiazole rings is 1. The number of benzene rings is 1. The zero-order valence-electron chi connectivity index (χ0n) is 13.0. The first-order chi connectivity index (χ1) is 9.97. The van der Waals surface area contributed by atoms with Crippen molar-refractivity contribution in [1.82, 2.24) is 4.98 Å². The van der Waals surface area contributed by atoms with E-state index in [4.69, 9.17) is 4.74 Å². The molecule has 0 amide bonds. The van der Waals surface area contributed by atoms with E-state index < -0.39 is 0 Å². The SMILES string of the molecule is CC(=O)c1sc(CCOc2cccc(C(C)C)c2)nc1C. The van der Waals surface area contributed by atoms with E-state index in [9.17, 15) is 4.79 Å². The minimum absolute atomic E-state index is 0.0850. The highest BCUT2D eigenvalue weighted by Crippen LogP contribution is 2.21. The minimum atomic E-state index is 0.0850. The molecule has 0 bridgehead atoms. The standard InChI is InChI=1S/C17H21NO2S/c1-11(2)14-6-5-7-15(10-14)20-9-8-16-18-12(3)17(21-16)13(4)19/h5-7,10-11H,8-9H2,1-4H3. The second kappa shape index (κ2) is 6.85. The van der Waals surface area contributed by atoms with E-state index in [2.05, 4.69) is 31.0 Å². The molecule has 0 aliphatic heterocycles. The summed E-state index contributed by atoms with van der Waals surface area (Å²) in [5.74, 6) is 1.47. The van der Waals surface area contributed by atoms with Crippen LogP contribution in [0.25, 0.3) is 0 Å². The number of nitrogens with zero attached hydrogens (tertiary/aromatic N) is 1. The number of ether oxygens (including phenoxy) is 1. The first-order valence-corrected chi connectivity index (χ1v) is 7.99. The van der Waals surface area contributed by atoms with Gasteiger partial charge in [0.15, 0.2) is 5.78 Å². The van der Waals surface area contributed by atoms with Gasteiger partial charge in [0.25, 0.3) is 0 Å². The topological polar surface area (TPSA) is 39.2 Å². The van der Waals surface area contributed by atoms with Crippen molar-refractivity contribution >= 4 is 17.1 Å². The van der Waals surface area contributed by atoms with E-state index in [1.54, 1.807) is 6.92 Å². The molecule has 0 spiro atoms. The van der Waals surface area contributed by atoms with Crippen molar-refractivity contribution in [3.05, 3.63) is 45.4 Å². The summed E-state index contributed by atoms with van der Waals surface area (Å²) in [6, 6.07) is 8.19. The van der Waals surface area contributed by atoms with Crippen LogP contribution in [-0.4, -0.2) is 17.4 Å². The molecule has 2 rings (SSSR count). The first-order valence-electron chi connectivity index (χ1n) is 7.17. The third-order valence-electron chi connectivity index (χ3n) is 3.27. The van der Waals surface area contributed by atoms with Gasteiger partial charge in [-0.25, -0.2) is 4.98 Å². The van der Waals surface area contributed by atoms with Crippen LogP contribution in [0.2, 0.25) is 0 Å². The first kappa shape index (κ1) is 15.7. The zero-order valence-corrected chi connectivity index (χ0v) is 13.8. The summed E-state index contributed by atoms with van der Waals surface area (Å²) < 4.78 is 5.79. The Morgan fingerprint density at radius 2 is 2.14 bits per heavy atom. The lowest BCUT2D eigenvalue weighted by molar-refractivity contribution is 0.102. The van der Waals surface area contributed by atoms with Crippen molar-refractivity contribution in [3.63, 3.8) is 0 Å². The third kappa shape index (κ3) is 4.14. The molecule has 0 radical (unpaired) electrons. The Morgan fingerprint density at radius 1 is 1.38 bits per heavy atom. The molecule has 0 aliphatic carbocycles. The maximum Gasteiger partial charge on any atom is 0.171 e. The van der Waals surface area contributed by atoms with Crippen LogP contribution < -0.4 is 4.74 Å². The smallest absolute Gasteiger partial charge is 0.171 e. The van der Waals surface area contributed by atoms with Crippen LogP contribution in [0.4, 0.5) is 0 Å². The molecule has 1 heterocycles. The second-order valence-corrected chi connectivity index (χ2v) is 6.49. The second-order valence-electron chi connectivity index (χ2n) is 5.40. The van der Waals surface area contributed by atoms with Crippen LogP contribution >= 0.6 is 11.3 Å². The fourth-order valence-corrected chi connectivity index (χ4v) is 3.05. The summed E-state index contributed by atoms with van der Waals surface area (Å²) in [6.45, 7) is 8.37. The number of rotatable bonds is 6. The zero-order chi connectivity index (χ0) is 15.4. The van der Waals surface area contributed by atoms with Crippen LogP contribution in [0.3, 0.4) is 0 Å². The highest BCUT2D eigenvalue weighted by atomic mass is 32.1. The molecule has 4 heteroatoms. The summed E-state index contributed by atoms with van der Waals surface area (Å²) in [5, 5.41) is 0.956. The van der Waals surface area contributed by atoms with Crippen molar-refractivity contribution in [2.45, 2.75) is 40.0 Å². The minimum Gasteiger partial charge on any atom is -0.493 e. The number of aryl methyl sites for hydroxylation is 1. The number of aromatic nitrogens is 1. The Bertz CT molecular complexity index is 631. The van der Waals surface area contributed by atoms with E-state index in [0.717, 1.165) is 27.7 Å². The summed E-state index contributed by atoms with van der Waals surface area (Å²) >= 11 is 1.47. The number of carbonyl (C=O) groups excluding carboxylic acids is 1. The molecule has 0 aliphatic rings. The highest BCUT2D eigenvalue weighted by Gasteiger charge is 2.11. The maximum absolute atomic E-state index is 11.4. The van der Waals surface area contributed by atoms with Crippen LogP contribution in [0.15, 0.2) is 24.3 Å². The predicted octanol–water partition coefficient (Wildman–Crippen LogP) is 4.40. The Balaban J connectivity index is 1.94. The largest absolute Gasteiger partial charge is 0.493 e. The van der Waals surface area contributed by atoms with E-state index in [0.29, 0.717) is 12.5 Å². The van der Waals surface area contributed by atoms with Crippen molar-refractivity contribution in [2.24, 2.45) is 0 Å². The quantitative estimate of drug-likeness (QED) is 0.743. The molecule has 0 unspecified atom stereocenters. The summed E-state index contributed by atoms with van der Waals surface area (Å²) in [5.41, 5.74) is 2.10. The Hall–Kier alpha value is -1.68. The lowest BCUT2D eigenvalue weighted by Crippen LogP contribution is -2.01. The lowest BCUT2D eigenvalue weighted by atomic mass is 10.0. The average molecular weight is 303 g/mol. The molecular formula is C17H21NO2S. The number of Topliss-reactive ketones (excluding diaryl/α,β-unsaturated/α-hetero) is 1. The summed E-state index contributed by atoms with van der Waals surface area (Å²) in [6.07, 6.45) is 0.727. The van der Waals surface area contributed by atoms with Gasteiger partial charge in [0.1, 0.15) is 5.75 Å². The van der Waals surface area contributed by atoms with Crippen molar-refractivity contribution in [3.8, 4) is 5.75 Å². The summed E-state index contributed by atoms with van der Waals surface area (Å²) in [7, 11) is 0. The van der Waals surface area contributed by atoms with E-state index in [-0.39, 0.29) is 5.78 Å². The van der Waals surface area contributed by atoms with Crippen molar-refractivity contribution < 1.29 is 9.53 Å². The molecule has 3 nitrogen and oxygen atoms in total. The Morgan fingerprint density at radius 3 is 2.76 bits per heavy atom. The van der Waals surface area contributed by atoms with E-state index in [1.165, 1.54) is 16.9 Å². The molecule has 0 atom stereocenters. The van der Waals surface area contributed by atoms with Gasteiger partial charge in [-0.2, -0.15) is 0 Å². The van der Waals surface area contributed by atoms with Gasteiger partial charge >= 0.3 is 0 Å². The number of carbonyl (C=O) groups is 1. The molecule has 21 heavy (non-hydrogen) atoms. The van der Waals surface area contributed by atoms with Gasteiger partial charge in [-0.1, -0.05) is 26.0 Å². The predicted molar refractivity (Wildman–Crippen MR) is 86.6 cm³/mol. The Labute approximate surface area is 130 Å². The van der Waals surface area contributed by atoms with Gasteiger partial charge < -0.3 is 4.74 Å². The van der Waals surface area contributed by atoms with Crippen molar-refractivity contribution in [1.29, 1.82) is 0 Å².